The Morgan fingerprint density at radius 3 is 3.14 bits per heavy atom. The van der Waals surface area contributed by atoms with Crippen molar-refractivity contribution in [3.8, 4) is 12.3 Å². The monoisotopic (exact) mass is 212 g/mol. The van der Waals surface area contributed by atoms with Crippen molar-refractivity contribution in [3.05, 3.63) is 0 Å². The lowest BCUT2D eigenvalue weighted by atomic mass is 10.2. The largest absolute Gasteiger partial charge is 0.354 e. The Balaban J connectivity index is 2.17. The zero-order valence-electron chi connectivity index (χ0n) is 8.16. The highest BCUT2D eigenvalue weighted by Gasteiger charge is 2.18. The zero-order chi connectivity index (χ0) is 10.4. The van der Waals surface area contributed by atoms with Crippen LogP contribution >= 0.6 is 11.8 Å². The topological polar surface area (TPSA) is 55.1 Å². The molecule has 0 aromatic rings. The molecule has 0 bridgehead atoms. The summed E-state index contributed by atoms with van der Waals surface area (Å²) in [6.07, 6.45) is 7.82. The maximum Gasteiger partial charge on any atom is 0.237 e. The van der Waals surface area contributed by atoms with E-state index in [-0.39, 0.29) is 5.91 Å². The molecule has 1 fully saturated rings. The van der Waals surface area contributed by atoms with Crippen LogP contribution in [0.3, 0.4) is 0 Å². The van der Waals surface area contributed by atoms with Gasteiger partial charge < -0.3 is 11.1 Å². The average Bonchev–Trinajstić information content (AvgIpc) is 2.67. The standard InChI is InChI=1S/C10H16N2OS/c1-2-4-9(11)10(13)12-7-8-5-3-6-14-8/h1,8-9H,3-7,11H2,(H,12,13). The normalized spacial score (nSPS) is 22.7. The molecule has 0 radical (unpaired) electrons. The van der Waals surface area contributed by atoms with E-state index in [1.807, 2.05) is 11.8 Å². The molecule has 0 aromatic heterocycles. The number of hydrogen-bond donors (Lipinski definition) is 2. The molecule has 1 aliphatic rings. The quantitative estimate of drug-likeness (QED) is 0.661. The SMILES string of the molecule is C#CCC(N)C(=O)NCC1CCCS1. The molecule has 1 saturated heterocycles. The molecule has 14 heavy (non-hydrogen) atoms. The van der Waals surface area contributed by atoms with Gasteiger partial charge in [0.2, 0.25) is 5.91 Å². The van der Waals surface area contributed by atoms with E-state index < -0.39 is 6.04 Å². The van der Waals surface area contributed by atoms with Crippen molar-refractivity contribution in [3.63, 3.8) is 0 Å². The third-order valence-corrected chi connectivity index (χ3v) is 3.60. The van der Waals surface area contributed by atoms with Crippen LogP contribution in [0.25, 0.3) is 0 Å². The minimum atomic E-state index is -0.550. The molecule has 0 aromatic carbocycles. The lowest BCUT2D eigenvalue weighted by Crippen LogP contribution is -2.42. The molecular formula is C10H16N2OS. The van der Waals surface area contributed by atoms with Gasteiger partial charge in [0.25, 0.3) is 0 Å². The van der Waals surface area contributed by atoms with Gasteiger partial charge in [-0.2, -0.15) is 11.8 Å². The highest BCUT2D eigenvalue weighted by molar-refractivity contribution is 8.00. The molecule has 3 N–H and O–H groups in total. The molecule has 0 aliphatic carbocycles. The molecule has 0 spiro atoms. The van der Waals surface area contributed by atoms with Crippen molar-refractivity contribution >= 4 is 17.7 Å². The van der Waals surface area contributed by atoms with Crippen LogP contribution in [0, 0.1) is 12.3 Å². The van der Waals surface area contributed by atoms with Gasteiger partial charge in [0, 0.05) is 18.2 Å². The first-order valence-corrected chi connectivity index (χ1v) is 5.87. The Bertz CT molecular complexity index is 231. The van der Waals surface area contributed by atoms with Gasteiger partial charge in [0.05, 0.1) is 6.04 Å². The Kier molecular flexibility index (Phi) is 4.85. The van der Waals surface area contributed by atoms with Crippen molar-refractivity contribution in [1.82, 2.24) is 5.32 Å². The fraction of sp³-hybridized carbons (Fsp3) is 0.700. The van der Waals surface area contributed by atoms with E-state index in [1.165, 1.54) is 18.6 Å². The van der Waals surface area contributed by atoms with Crippen LogP contribution in [0.5, 0.6) is 0 Å². The van der Waals surface area contributed by atoms with E-state index in [0.29, 0.717) is 11.7 Å². The fourth-order valence-electron chi connectivity index (χ4n) is 1.37. The molecule has 3 nitrogen and oxygen atoms in total. The van der Waals surface area contributed by atoms with Gasteiger partial charge in [-0.05, 0) is 18.6 Å². The Morgan fingerprint density at radius 1 is 1.79 bits per heavy atom. The van der Waals surface area contributed by atoms with Gasteiger partial charge in [0.1, 0.15) is 0 Å². The minimum Gasteiger partial charge on any atom is -0.354 e. The Hall–Kier alpha value is -0.660. The predicted molar refractivity (Wildman–Crippen MR) is 59.9 cm³/mol. The molecule has 4 heteroatoms. The van der Waals surface area contributed by atoms with Crippen molar-refractivity contribution in [2.24, 2.45) is 5.73 Å². The molecule has 1 amide bonds. The predicted octanol–water partition coefficient (Wildman–Crippen LogP) is 0.349. The highest BCUT2D eigenvalue weighted by atomic mass is 32.2. The van der Waals surface area contributed by atoms with E-state index in [0.717, 1.165) is 6.54 Å². The number of terminal acetylenes is 1. The van der Waals surface area contributed by atoms with E-state index in [2.05, 4.69) is 11.2 Å². The summed E-state index contributed by atoms with van der Waals surface area (Å²) in [4.78, 5) is 11.3. The van der Waals surface area contributed by atoms with Gasteiger partial charge in [-0.15, -0.1) is 12.3 Å². The summed E-state index contributed by atoms with van der Waals surface area (Å²) in [5.41, 5.74) is 5.55. The van der Waals surface area contributed by atoms with Gasteiger partial charge in [-0.25, -0.2) is 0 Å². The average molecular weight is 212 g/mol. The second-order valence-corrected chi connectivity index (χ2v) is 4.80. The smallest absolute Gasteiger partial charge is 0.237 e. The first kappa shape index (κ1) is 11.4. The summed E-state index contributed by atoms with van der Waals surface area (Å²) in [6, 6.07) is -0.550. The summed E-state index contributed by atoms with van der Waals surface area (Å²) in [7, 11) is 0. The van der Waals surface area contributed by atoms with Crippen LogP contribution in [-0.2, 0) is 4.79 Å². The van der Waals surface area contributed by atoms with Gasteiger partial charge >= 0.3 is 0 Å². The summed E-state index contributed by atoms with van der Waals surface area (Å²) in [5.74, 6) is 3.46. The Morgan fingerprint density at radius 2 is 2.57 bits per heavy atom. The van der Waals surface area contributed by atoms with E-state index in [9.17, 15) is 4.79 Å². The van der Waals surface area contributed by atoms with Crippen LogP contribution < -0.4 is 11.1 Å². The fourth-order valence-corrected chi connectivity index (χ4v) is 2.57. The lowest BCUT2D eigenvalue weighted by molar-refractivity contribution is -0.122. The van der Waals surface area contributed by atoms with Crippen LogP contribution in [0.15, 0.2) is 0 Å². The van der Waals surface area contributed by atoms with Crippen LogP contribution in [-0.4, -0.2) is 29.5 Å². The second kappa shape index (κ2) is 5.94. The molecule has 2 unspecified atom stereocenters. The molecule has 2 atom stereocenters. The number of thioether (sulfide) groups is 1. The Labute approximate surface area is 89.2 Å². The van der Waals surface area contributed by atoms with Gasteiger partial charge in [-0.3, -0.25) is 4.79 Å². The summed E-state index contributed by atoms with van der Waals surface area (Å²) in [5, 5.41) is 3.40. The number of carbonyl (C=O) groups is 1. The van der Waals surface area contributed by atoms with Crippen LogP contribution in [0.1, 0.15) is 19.3 Å². The molecular weight excluding hydrogens is 196 g/mol. The summed E-state index contributed by atoms with van der Waals surface area (Å²) < 4.78 is 0. The number of carbonyl (C=O) groups excluding carboxylic acids is 1. The number of nitrogens with one attached hydrogen (secondary N) is 1. The molecule has 0 saturated carbocycles. The van der Waals surface area contributed by atoms with E-state index >= 15 is 0 Å². The summed E-state index contributed by atoms with van der Waals surface area (Å²) in [6.45, 7) is 0.724. The first-order chi connectivity index (χ1) is 6.74. The van der Waals surface area contributed by atoms with Crippen molar-refractivity contribution in [1.29, 1.82) is 0 Å². The van der Waals surface area contributed by atoms with Crippen LogP contribution in [0.4, 0.5) is 0 Å². The van der Waals surface area contributed by atoms with Crippen molar-refractivity contribution < 1.29 is 4.79 Å². The molecule has 1 heterocycles. The maximum absolute atomic E-state index is 11.3. The lowest BCUT2D eigenvalue weighted by Gasteiger charge is -2.12. The highest BCUT2D eigenvalue weighted by Crippen LogP contribution is 2.25. The van der Waals surface area contributed by atoms with Crippen molar-refractivity contribution in [2.45, 2.75) is 30.6 Å². The van der Waals surface area contributed by atoms with E-state index in [4.69, 9.17) is 12.2 Å². The van der Waals surface area contributed by atoms with E-state index in [1.54, 1.807) is 0 Å². The number of nitrogens with two attached hydrogens (primary N) is 1. The number of amides is 1. The van der Waals surface area contributed by atoms with Crippen LogP contribution in [0.2, 0.25) is 0 Å². The molecule has 1 rings (SSSR count). The first-order valence-electron chi connectivity index (χ1n) is 4.82. The number of hydrogen-bond acceptors (Lipinski definition) is 3. The second-order valence-electron chi connectivity index (χ2n) is 3.39. The van der Waals surface area contributed by atoms with Gasteiger partial charge in [0.15, 0.2) is 0 Å². The third kappa shape index (κ3) is 3.60. The van der Waals surface area contributed by atoms with Gasteiger partial charge in [-0.1, -0.05) is 0 Å². The maximum atomic E-state index is 11.3. The summed E-state index contributed by atoms with van der Waals surface area (Å²) >= 11 is 1.91. The minimum absolute atomic E-state index is 0.129. The molecule has 1 aliphatic heterocycles. The number of rotatable bonds is 4. The molecule has 78 valence electrons. The van der Waals surface area contributed by atoms with Crippen molar-refractivity contribution in [2.75, 3.05) is 12.3 Å². The zero-order valence-corrected chi connectivity index (χ0v) is 8.98. The third-order valence-electron chi connectivity index (χ3n) is 2.20.